The lowest BCUT2D eigenvalue weighted by molar-refractivity contribution is 0.630. The lowest BCUT2D eigenvalue weighted by Crippen LogP contribution is -1.93. The van der Waals surface area contributed by atoms with Gasteiger partial charge in [0.1, 0.15) is 5.82 Å². The first kappa shape index (κ1) is 9.71. The molecule has 4 heteroatoms. The summed E-state index contributed by atoms with van der Waals surface area (Å²) < 4.78 is 15.3. The fraction of sp³-hybridized carbons (Fsp3) is 0.182. The highest BCUT2D eigenvalue weighted by Gasteiger charge is 2.09. The van der Waals surface area contributed by atoms with Gasteiger partial charge in [0.2, 0.25) is 0 Å². The summed E-state index contributed by atoms with van der Waals surface area (Å²) in [6.45, 7) is 1.78. The Bertz CT molecular complexity index is 503. The van der Waals surface area contributed by atoms with Crippen LogP contribution in [0.15, 0.2) is 24.5 Å². The van der Waals surface area contributed by atoms with Gasteiger partial charge in [-0.05, 0) is 24.6 Å². The van der Waals surface area contributed by atoms with Crippen LogP contribution < -0.4 is 5.73 Å². The van der Waals surface area contributed by atoms with Crippen LogP contribution in [-0.2, 0) is 7.05 Å². The van der Waals surface area contributed by atoms with Crippen molar-refractivity contribution in [3.05, 3.63) is 35.9 Å². The standard InChI is InChI=1S/C11H12FN3/c1-7-3-10(12)9(4-11(7)13)8-5-14-15(2)6-8/h3-6H,13H2,1-2H3. The molecule has 78 valence electrons. The Kier molecular flexibility index (Phi) is 2.19. The molecule has 0 bridgehead atoms. The lowest BCUT2D eigenvalue weighted by Gasteiger charge is -2.04. The van der Waals surface area contributed by atoms with Crippen molar-refractivity contribution in [2.75, 3.05) is 5.73 Å². The highest BCUT2D eigenvalue weighted by molar-refractivity contribution is 5.68. The fourth-order valence-electron chi connectivity index (χ4n) is 1.47. The van der Waals surface area contributed by atoms with E-state index in [1.807, 2.05) is 0 Å². The molecule has 0 aliphatic carbocycles. The van der Waals surface area contributed by atoms with E-state index in [2.05, 4.69) is 5.10 Å². The average Bonchev–Trinajstić information content (AvgIpc) is 2.58. The number of benzene rings is 1. The Morgan fingerprint density at radius 1 is 1.40 bits per heavy atom. The maximum Gasteiger partial charge on any atom is 0.131 e. The predicted molar refractivity (Wildman–Crippen MR) is 57.8 cm³/mol. The number of halogens is 1. The number of nitrogens with zero attached hydrogens (tertiary/aromatic N) is 2. The van der Waals surface area contributed by atoms with Gasteiger partial charge in [-0.15, -0.1) is 0 Å². The maximum absolute atomic E-state index is 13.6. The van der Waals surface area contributed by atoms with E-state index in [0.717, 1.165) is 11.1 Å². The number of anilines is 1. The third-order valence-corrected chi connectivity index (χ3v) is 2.37. The second-order valence-corrected chi connectivity index (χ2v) is 3.59. The Morgan fingerprint density at radius 2 is 2.13 bits per heavy atom. The SMILES string of the molecule is Cc1cc(F)c(-c2cnn(C)c2)cc1N. The first-order valence-corrected chi connectivity index (χ1v) is 4.62. The van der Waals surface area contributed by atoms with E-state index in [4.69, 9.17) is 5.73 Å². The summed E-state index contributed by atoms with van der Waals surface area (Å²) in [5, 5.41) is 4.00. The molecule has 0 atom stereocenters. The van der Waals surface area contributed by atoms with Crippen LogP contribution in [0.2, 0.25) is 0 Å². The molecular weight excluding hydrogens is 193 g/mol. The van der Waals surface area contributed by atoms with Gasteiger partial charge >= 0.3 is 0 Å². The van der Waals surface area contributed by atoms with Crippen LogP contribution in [0.25, 0.3) is 11.1 Å². The van der Waals surface area contributed by atoms with Crippen LogP contribution in [0.4, 0.5) is 10.1 Å². The molecule has 0 aliphatic heterocycles. The Labute approximate surface area is 87.3 Å². The zero-order chi connectivity index (χ0) is 11.0. The van der Waals surface area contributed by atoms with Gasteiger partial charge < -0.3 is 5.73 Å². The van der Waals surface area contributed by atoms with Gasteiger partial charge in [0.25, 0.3) is 0 Å². The molecule has 1 heterocycles. The number of nitrogens with two attached hydrogens (primary N) is 1. The van der Waals surface area contributed by atoms with E-state index in [1.54, 1.807) is 37.1 Å². The minimum Gasteiger partial charge on any atom is -0.398 e. The van der Waals surface area contributed by atoms with Gasteiger partial charge in [-0.25, -0.2) is 4.39 Å². The summed E-state index contributed by atoms with van der Waals surface area (Å²) in [7, 11) is 1.79. The van der Waals surface area contributed by atoms with E-state index in [1.165, 1.54) is 6.07 Å². The summed E-state index contributed by atoms with van der Waals surface area (Å²) in [5.74, 6) is -0.269. The number of nitrogen functional groups attached to an aromatic ring is 1. The topological polar surface area (TPSA) is 43.8 Å². The van der Waals surface area contributed by atoms with Gasteiger partial charge in [0.15, 0.2) is 0 Å². The molecule has 0 amide bonds. The maximum atomic E-state index is 13.6. The number of rotatable bonds is 1. The molecule has 0 aliphatic rings. The van der Waals surface area contributed by atoms with Gasteiger partial charge in [-0.1, -0.05) is 0 Å². The monoisotopic (exact) mass is 205 g/mol. The summed E-state index contributed by atoms with van der Waals surface area (Å²) in [6, 6.07) is 3.08. The molecule has 2 aromatic rings. The minimum atomic E-state index is -0.269. The average molecular weight is 205 g/mol. The van der Waals surface area contributed by atoms with Crippen molar-refractivity contribution in [1.29, 1.82) is 0 Å². The van der Waals surface area contributed by atoms with Crippen molar-refractivity contribution in [2.24, 2.45) is 7.05 Å². The van der Waals surface area contributed by atoms with Crippen molar-refractivity contribution in [1.82, 2.24) is 9.78 Å². The van der Waals surface area contributed by atoms with Crippen LogP contribution in [-0.4, -0.2) is 9.78 Å². The zero-order valence-corrected chi connectivity index (χ0v) is 8.66. The molecule has 15 heavy (non-hydrogen) atoms. The summed E-state index contributed by atoms with van der Waals surface area (Å²) >= 11 is 0. The Hall–Kier alpha value is -1.84. The van der Waals surface area contributed by atoms with Crippen LogP contribution >= 0.6 is 0 Å². The molecule has 1 aromatic heterocycles. The van der Waals surface area contributed by atoms with Crippen molar-refractivity contribution in [2.45, 2.75) is 6.92 Å². The number of aryl methyl sites for hydroxylation is 2. The zero-order valence-electron chi connectivity index (χ0n) is 8.66. The highest BCUT2D eigenvalue weighted by Crippen LogP contribution is 2.26. The van der Waals surface area contributed by atoms with Gasteiger partial charge in [-0.3, -0.25) is 4.68 Å². The van der Waals surface area contributed by atoms with Crippen LogP contribution in [0.3, 0.4) is 0 Å². The van der Waals surface area contributed by atoms with E-state index in [9.17, 15) is 4.39 Å². The van der Waals surface area contributed by atoms with Crippen LogP contribution in [0.1, 0.15) is 5.56 Å². The third-order valence-electron chi connectivity index (χ3n) is 2.37. The molecule has 0 unspecified atom stereocenters. The van der Waals surface area contributed by atoms with Crippen LogP contribution in [0.5, 0.6) is 0 Å². The quantitative estimate of drug-likeness (QED) is 0.725. The Balaban J connectivity index is 2.58. The van der Waals surface area contributed by atoms with E-state index < -0.39 is 0 Å². The van der Waals surface area contributed by atoms with E-state index in [-0.39, 0.29) is 5.82 Å². The minimum absolute atomic E-state index is 0.269. The molecule has 0 fully saturated rings. The normalized spacial score (nSPS) is 10.6. The predicted octanol–water partition coefficient (Wildman–Crippen LogP) is 2.12. The second kappa shape index (κ2) is 3.38. The first-order chi connectivity index (χ1) is 7.08. The number of hydrogen-bond donors (Lipinski definition) is 1. The molecule has 2 N–H and O–H groups in total. The van der Waals surface area contributed by atoms with Gasteiger partial charge in [0.05, 0.1) is 6.20 Å². The van der Waals surface area contributed by atoms with E-state index >= 15 is 0 Å². The third kappa shape index (κ3) is 1.70. The molecule has 0 saturated carbocycles. The summed E-state index contributed by atoms with van der Waals surface area (Å²) in [6.07, 6.45) is 3.38. The van der Waals surface area contributed by atoms with Gasteiger partial charge in [-0.2, -0.15) is 5.10 Å². The summed E-state index contributed by atoms with van der Waals surface area (Å²) in [5.41, 5.74) is 8.31. The molecule has 2 rings (SSSR count). The van der Waals surface area contributed by atoms with E-state index in [0.29, 0.717) is 11.3 Å². The van der Waals surface area contributed by atoms with Crippen LogP contribution in [0, 0.1) is 12.7 Å². The molecular formula is C11H12FN3. The van der Waals surface area contributed by atoms with Gasteiger partial charge in [0, 0.05) is 30.1 Å². The highest BCUT2D eigenvalue weighted by atomic mass is 19.1. The molecule has 3 nitrogen and oxygen atoms in total. The summed E-state index contributed by atoms with van der Waals surface area (Å²) in [4.78, 5) is 0. The molecule has 1 aromatic carbocycles. The first-order valence-electron chi connectivity index (χ1n) is 4.62. The lowest BCUT2D eigenvalue weighted by atomic mass is 10.1. The Morgan fingerprint density at radius 3 is 2.73 bits per heavy atom. The second-order valence-electron chi connectivity index (χ2n) is 3.59. The smallest absolute Gasteiger partial charge is 0.131 e. The number of hydrogen-bond acceptors (Lipinski definition) is 2. The molecule has 0 saturated heterocycles. The van der Waals surface area contributed by atoms with Crippen molar-refractivity contribution >= 4 is 5.69 Å². The molecule has 0 radical (unpaired) electrons. The fourth-order valence-corrected chi connectivity index (χ4v) is 1.47. The largest absolute Gasteiger partial charge is 0.398 e. The van der Waals surface area contributed by atoms with Crippen molar-refractivity contribution < 1.29 is 4.39 Å². The van der Waals surface area contributed by atoms with Crippen molar-refractivity contribution in [3.8, 4) is 11.1 Å². The van der Waals surface area contributed by atoms with Crippen molar-refractivity contribution in [3.63, 3.8) is 0 Å². The molecule has 0 spiro atoms. The number of aromatic nitrogens is 2.